The minimum Gasteiger partial charge on any atom is -0.325 e. The fourth-order valence-corrected chi connectivity index (χ4v) is 2.50. The molecule has 0 saturated heterocycles. The largest absolute Gasteiger partial charge is 0.325 e. The molecule has 1 aromatic heterocycles. The molecule has 3 heteroatoms. The van der Waals surface area contributed by atoms with Crippen molar-refractivity contribution in [1.82, 2.24) is 4.98 Å². The summed E-state index contributed by atoms with van der Waals surface area (Å²) in [6.07, 6.45) is 2.95. The fourth-order valence-electron chi connectivity index (χ4n) is 1.42. The third kappa shape index (κ3) is 2.55. The zero-order valence-corrected chi connectivity index (χ0v) is 10.4. The monoisotopic (exact) mass is 212 g/mol. The van der Waals surface area contributed by atoms with Crippen molar-refractivity contribution in [2.75, 3.05) is 0 Å². The Labute approximate surface area is 90.6 Å². The van der Waals surface area contributed by atoms with Crippen molar-refractivity contribution >= 4 is 11.3 Å². The number of nitrogens with zero attached hydrogens (tertiary/aromatic N) is 1. The molecule has 0 amide bonds. The van der Waals surface area contributed by atoms with E-state index in [4.69, 9.17) is 5.73 Å². The van der Waals surface area contributed by atoms with E-state index in [0.717, 1.165) is 25.0 Å². The molecule has 0 unspecified atom stereocenters. The second-order valence-electron chi connectivity index (χ2n) is 4.00. The summed E-state index contributed by atoms with van der Waals surface area (Å²) in [4.78, 5) is 5.84. The summed E-state index contributed by atoms with van der Waals surface area (Å²) in [5.74, 6) is 0. The van der Waals surface area contributed by atoms with Gasteiger partial charge in [0.1, 0.15) is 0 Å². The van der Waals surface area contributed by atoms with Gasteiger partial charge in [0, 0.05) is 16.8 Å². The lowest BCUT2D eigenvalue weighted by atomic mass is 9.91. The Morgan fingerprint density at radius 3 is 2.21 bits per heavy atom. The first kappa shape index (κ1) is 11.7. The van der Waals surface area contributed by atoms with Crippen LogP contribution in [0.5, 0.6) is 0 Å². The zero-order chi connectivity index (χ0) is 10.8. The number of rotatable bonds is 4. The number of aryl methyl sites for hydroxylation is 2. The maximum absolute atomic E-state index is 6.25. The minimum atomic E-state index is -0.0588. The van der Waals surface area contributed by atoms with Crippen molar-refractivity contribution in [2.24, 2.45) is 5.73 Å². The van der Waals surface area contributed by atoms with Gasteiger partial charge in [-0.1, -0.05) is 13.8 Å². The van der Waals surface area contributed by atoms with Crippen LogP contribution in [0.1, 0.15) is 42.3 Å². The minimum absolute atomic E-state index is 0.0588. The van der Waals surface area contributed by atoms with E-state index >= 15 is 0 Å². The second-order valence-corrected chi connectivity index (χ2v) is 5.28. The smallest absolute Gasteiger partial charge is 0.0949 e. The molecule has 0 aromatic carbocycles. The average Bonchev–Trinajstić information content (AvgIpc) is 2.45. The van der Waals surface area contributed by atoms with Crippen LogP contribution in [0.3, 0.4) is 0 Å². The van der Waals surface area contributed by atoms with Gasteiger partial charge in [-0.25, -0.2) is 4.98 Å². The number of aromatic nitrogens is 1. The van der Waals surface area contributed by atoms with Gasteiger partial charge in [0.15, 0.2) is 0 Å². The standard InChI is InChI=1S/C11H20N2S/c1-5-11(12,6-2)7-10-13-8(3)9(4)14-10/h5-7,12H2,1-4H3. The Hall–Kier alpha value is -0.410. The molecule has 14 heavy (non-hydrogen) atoms. The van der Waals surface area contributed by atoms with Crippen molar-refractivity contribution in [2.45, 2.75) is 52.5 Å². The molecule has 1 aromatic rings. The highest BCUT2D eigenvalue weighted by Crippen LogP contribution is 2.23. The van der Waals surface area contributed by atoms with Crippen molar-refractivity contribution in [3.8, 4) is 0 Å². The van der Waals surface area contributed by atoms with Crippen LogP contribution >= 0.6 is 11.3 Å². The molecule has 0 aliphatic rings. The summed E-state index contributed by atoms with van der Waals surface area (Å²) in [7, 11) is 0. The van der Waals surface area contributed by atoms with E-state index in [-0.39, 0.29) is 5.54 Å². The maximum Gasteiger partial charge on any atom is 0.0949 e. The molecule has 1 heterocycles. The Morgan fingerprint density at radius 2 is 1.86 bits per heavy atom. The molecule has 0 radical (unpaired) electrons. The fraction of sp³-hybridized carbons (Fsp3) is 0.727. The van der Waals surface area contributed by atoms with Gasteiger partial charge in [0.2, 0.25) is 0 Å². The predicted octanol–water partition coefficient (Wildman–Crippen LogP) is 2.82. The second kappa shape index (κ2) is 4.41. The van der Waals surface area contributed by atoms with Crippen molar-refractivity contribution in [3.63, 3.8) is 0 Å². The third-order valence-electron chi connectivity index (χ3n) is 2.98. The lowest BCUT2D eigenvalue weighted by molar-refractivity contribution is 0.392. The summed E-state index contributed by atoms with van der Waals surface area (Å²) in [5.41, 5.74) is 7.35. The molecule has 2 N–H and O–H groups in total. The lowest BCUT2D eigenvalue weighted by Crippen LogP contribution is -2.40. The van der Waals surface area contributed by atoms with Gasteiger partial charge in [-0.3, -0.25) is 0 Å². The Kier molecular flexibility index (Phi) is 3.67. The first-order chi connectivity index (χ1) is 6.50. The van der Waals surface area contributed by atoms with Crippen LogP contribution in [0, 0.1) is 13.8 Å². The van der Waals surface area contributed by atoms with E-state index < -0.39 is 0 Å². The van der Waals surface area contributed by atoms with Gasteiger partial charge in [-0.2, -0.15) is 0 Å². The van der Waals surface area contributed by atoms with Crippen LogP contribution in [0.2, 0.25) is 0 Å². The normalized spacial score (nSPS) is 12.1. The highest BCUT2D eigenvalue weighted by atomic mass is 32.1. The maximum atomic E-state index is 6.25. The summed E-state index contributed by atoms with van der Waals surface area (Å²) >= 11 is 1.78. The van der Waals surface area contributed by atoms with E-state index in [2.05, 4.69) is 32.7 Å². The molecule has 0 spiro atoms. The van der Waals surface area contributed by atoms with Gasteiger partial charge in [-0.15, -0.1) is 11.3 Å². The van der Waals surface area contributed by atoms with Crippen LogP contribution in [0.15, 0.2) is 0 Å². The van der Waals surface area contributed by atoms with E-state index in [9.17, 15) is 0 Å². The molecular weight excluding hydrogens is 192 g/mol. The lowest BCUT2D eigenvalue weighted by Gasteiger charge is -2.25. The SMILES string of the molecule is CCC(N)(CC)Cc1nc(C)c(C)s1. The Morgan fingerprint density at radius 1 is 1.29 bits per heavy atom. The van der Waals surface area contributed by atoms with Crippen LogP contribution in [0.4, 0.5) is 0 Å². The molecular formula is C11H20N2S. The van der Waals surface area contributed by atoms with Crippen molar-refractivity contribution in [1.29, 1.82) is 0 Å². The number of hydrogen-bond acceptors (Lipinski definition) is 3. The van der Waals surface area contributed by atoms with Crippen molar-refractivity contribution in [3.05, 3.63) is 15.6 Å². The molecule has 2 nitrogen and oxygen atoms in total. The van der Waals surface area contributed by atoms with E-state index in [1.165, 1.54) is 9.88 Å². The highest BCUT2D eigenvalue weighted by Gasteiger charge is 2.22. The molecule has 0 fully saturated rings. The van der Waals surface area contributed by atoms with E-state index in [1.54, 1.807) is 11.3 Å². The molecule has 0 atom stereocenters. The first-order valence-corrected chi connectivity index (χ1v) is 6.04. The summed E-state index contributed by atoms with van der Waals surface area (Å²) < 4.78 is 0. The predicted molar refractivity (Wildman–Crippen MR) is 62.8 cm³/mol. The number of nitrogens with two attached hydrogens (primary N) is 1. The van der Waals surface area contributed by atoms with Crippen LogP contribution < -0.4 is 5.73 Å². The average molecular weight is 212 g/mol. The summed E-state index contributed by atoms with van der Waals surface area (Å²) in [6, 6.07) is 0. The molecule has 80 valence electrons. The molecule has 0 aliphatic heterocycles. The molecule has 0 bridgehead atoms. The Bertz CT molecular complexity index is 281. The van der Waals surface area contributed by atoms with E-state index in [0.29, 0.717) is 0 Å². The topological polar surface area (TPSA) is 38.9 Å². The number of hydrogen-bond donors (Lipinski definition) is 1. The van der Waals surface area contributed by atoms with Gasteiger partial charge >= 0.3 is 0 Å². The molecule has 0 aliphatic carbocycles. The van der Waals surface area contributed by atoms with Crippen LogP contribution in [-0.4, -0.2) is 10.5 Å². The van der Waals surface area contributed by atoms with E-state index in [1.807, 2.05) is 0 Å². The van der Waals surface area contributed by atoms with Gasteiger partial charge in [-0.05, 0) is 26.7 Å². The summed E-state index contributed by atoms with van der Waals surface area (Å²) in [5, 5.41) is 1.19. The van der Waals surface area contributed by atoms with Gasteiger partial charge < -0.3 is 5.73 Å². The van der Waals surface area contributed by atoms with Crippen LogP contribution in [-0.2, 0) is 6.42 Å². The third-order valence-corrected chi connectivity index (χ3v) is 4.06. The first-order valence-electron chi connectivity index (χ1n) is 5.22. The number of thiazole rings is 1. The highest BCUT2D eigenvalue weighted by molar-refractivity contribution is 7.11. The van der Waals surface area contributed by atoms with Crippen LogP contribution in [0.25, 0.3) is 0 Å². The summed E-state index contributed by atoms with van der Waals surface area (Å²) in [6.45, 7) is 8.48. The molecule has 1 rings (SSSR count). The molecule has 0 saturated carbocycles. The van der Waals surface area contributed by atoms with Gasteiger partial charge in [0.05, 0.1) is 10.7 Å². The van der Waals surface area contributed by atoms with Crippen molar-refractivity contribution < 1.29 is 0 Å². The van der Waals surface area contributed by atoms with Gasteiger partial charge in [0.25, 0.3) is 0 Å². The zero-order valence-electron chi connectivity index (χ0n) is 9.55. The quantitative estimate of drug-likeness (QED) is 0.833. The Balaban J connectivity index is 2.77.